The van der Waals surface area contributed by atoms with Crippen molar-refractivity contribution in [1.29, 1.82) is 0 Å². The second-order valence-corrected chi connectivity index (χ2v) is 4.41. The Morgan fingerprint density at radius 1 is 1.35 bits per heavy atom. The van der Waals surface area contributed by atoms with Crippen molar-refractivity contribution in [2.45, 2.75) is 19.8 Å². The highest BCUT2D eigenvalue weighted by molar-refractivity contribution is 6.35. The Labute approximate surface area is 107 Å². The standard InChI is InChI=1S/C14H16ClNO/c1-3-11-9-13(15)12-6-4-5-10(7-8-17-2)14(12)16-11/h4-6,9H,3,7-8H2,1-2H3. The van der Waals surface area contributed by atoms with E-state index in [-0.39, 0.29) is 0 Å². The summed E-state index contributed by atoms with van der Waals surface area (Å²) in [6, 6.07) is 8.07. The zero-order valence-electron chi connectivity index (χ0n) is 10.2. The largest absolute Gasteiger partial charge is 0.384 e. The van der Waals surface area contributed by atoms with Crippen LogP contribution in [0.3, 0.4) is 0 Å². The van der Waals surface area contributed by atoms with Gasteiger partial charge in [-0.05, 0) is 24.5 Å². The Bertz CT molecular complexity index is 525. The molecular formula is C14H16ClNO. The molecule has 0 fully saturated rings. The van der Waals surface area contributed by atoms with Crippen molar-refractivity contribution in [3.05, 3.63) is 40.5 Å². The van der Waals surface area contributed by atoms with Gasteiger partial charge in [0.2, 0.25) is 0 Å². The molecule has 3 heteroatoms. The first-order valence-electron chi connectivity index (χ1n) is 5.82. The van der Waals surface area contributed by atoms with Crippen LogP contribution in [0.25, 0.3) is 10.9 Å². The summed E-state index contributed by atoms with van der Waals surface area (Å²) in [7, 11) is 1.71. The van der Waals surface area contributed by atoms with E-state index >= 15 is 0 Å². The molecule has 0 aliphatic carbocycles. The van der Waals surface area contributed by atoms with Gasteiger partial charge in [0, 0.05) is 18.2 Å². The lowest BCUT2D eigenvalue weighted by molar-refractivity contribution is 0.202. The number of pyridine rings is 1. The molecule has 0 saturated carbocycles. The van der Waals surface area contributed by atoms with Crippen molar-refractivity contribution in [3.63, 3.8) is 0 Å². The average molecular weight is 250 g/mol. The number of hydrogen-bond acceptors (Lipinski definition) is 2. The van der Waals surface area contributed by atoms with Gasteiger partial charge >= 0.3 is 0 Å². The lowest BCUT2D eigenvalue weighted by atomic mass is 10.1. The van der Waals surface area contributed by atoms with Gasteiger partial charge in [-0.2, -0.15) is 0 Å². The first-order chi connectivity index (χ1) is 8.26. The summed E-state index contributed by atoms with van der Waals surface area (Å²) >= 11 is 6.28. The van der Waals surface area contributed by atoms with Crippen LogP contribution in [-0.2, 0) is 17.6 Å². The molecule has 1 aromatic carbocycles. The number of nitrogens with zero attached hydrogens (tertiary/aromatic N) is 1. The molecule has 0 bridgehead atoms. The minimum absolute atomic E-state index is 0.703. The lowest BCUT2D eigenvalue weighted by Gasteiger charge is -2.08. The summed E-state index contributed by atoms with van der Waals surface area (Å²) in [6.45, 7) is 2.79. The fourth-order valence-corrected chi connectivity index (χ4v) is 2.19. The molecule has 0 atom stereocenters. The third kappa shape index (κ3) is 2.59. The molecule has 1 aromatic heterocycles. The van der Waals surface area contributed by atoms with Gasteiger partial charge in [0.05, 0.1) is 17.1 Å². The molecule has 0 N–H and O–H groups in total. The van der Waals surface area contributed by atoms with E-state index in [0.717, 1.165) is 34.5 Å². The molecule has 2 aromatic rings. The van der Waals surface area contributed by atoms with Gasteiger partial charge in [-0.3, -0.25) is 4.98 Å². The van der Waals surface area contributed by atoms with Crippen molar-refractivity contribution < 1.29 is 4.74 Å². The number of para-hydroxylation sites is 1. The number of hydrogen-bond donors (Lipinski definition) is 0. The van der Waals surface area contributed by atoms with Crippen LogP contribution in [0.2, 0.25) is 5.02 Å². The van der Waals surface area contributed by atoms with Gasteiger partial charge in [0.25, 0.3) is 0 Å². The van der Waals surface area contributed by atoms with Crippen LogP contribution >= 0.6 is 11.6 Å². The second kappa shape index (κ2) is 5.48. The van der Waals surface area contributed by atoms with E-state index in [1.807, 2.05) is 18.2 Å². The summed E-state index contributed by atoms with van der Waals surface area (Å²) in [5.74, 6) is 0. The summed E-state index contributed by atoms with van der Waals surface area (Å²) in [6.07, 6.45) is 1.76. The number of rotatable bonds is 4. The minimum atomic E-state index is 0.703. The van der Waals surface area contributed by atoms with Crippen LogP contribution < -0.4 is 0 Å². The van der Waals surface area contributed by atoms with Gasteiger partial charge in [0.1, 0.15) is 0 Å². The van der Waals surface area contributed by atoms with Crippen molar-refractivity contribution in [1.82, 2.24) is 4.98 Å². The maximum atomic E-state index is 6.28. The van der Waals surface area contributed by atoms with Crippen molar-refractivity contribution in [2.24, 2.45) is 0 Å². The molecule has 0 aliphatic heterocycles. The predicted octanol–water partition coefficient (Wildman–Crippen LogP) is 3.64. The average Bonchev–Trinajstić information content (AvgIpc) is 2.36. The molecule has 2 rings (SSSR count). The Morgan fingerprint density at radius 2 is 2.18 bits per heavy atom. The highest BCUT2D eigenvalue weighted by atomic mass is 35.5. The summed E-state index contributed by atoms with van der Waals surface area (Å²) in [5.41, 5.74) is 3.24. The molecule has 17 heavy (non-hydrogen) atoms. The normalized spacial score (nSPS) is 11.0. The van der Waals surface area contributed by atoms with E-state index in [0.29, 0.717) is 6.61 Å². The molecule has 1 heterocycles. The van der Waals surface area contributed by atoms with Gasteiger partial charge in [-0.15, -0.1) is 0 Å². The van der Waals surface area contributed by atoms with Crippen LogP contribution in [0, 0.1) is 0 Å². The Hall–Kier alpha value is -1.12. The molecule has 90 valence electrons. The predicted molar refractivity (Wildman–Crippen MR) is 71.7 cm³/mol. The number of benzene rings is 1. The third-order valence-corrected chi connectivity index (χ3v) is 3.18. The van der Waals surface area contributed by atoms with Crippen LogP contribution in [0.4, 0.5) is 0 Å². The van der Waals surface area contributed by atoms with Crippen LogP contribution in [0.1, 0.15) is 18.2 Å². The van der Waals surface area contributed by atoms with E-state index in [4.69, 9.17) is 16.3 Å². The number of ether oxygens (including phenoxy) is 1. The van der Waals surface area contributed by atoms with Gasteiger partial charge < -0.3 is 4.74 Å². The zero-order chi connectivity index (χ0) is 12.3. The number of aromatic nitrogens is 1. The van der Waals surface area contributed by atoms with Crippen molar-refractivity contribution >= 4 is 22.5 Å². The molecule has 0 amide bonds. The Balaban J connectivity index is 2.56. The highest BCUT2D eigenvalue weighted by Gasteiger charge is 2.07. The molecular weight excluding hydrogens is 234 g/mol. The molecule has 0 aliphatic rings. The first kappa shape index (κ1) is 12.3. The van der Waals surface area contributed by atoms with Crippen LogP contribution in [-0.4, -0.2) is 18.7 Å². The topological polar surface area (TPSA) is 22.1 Å². The van der Waals surface area contributed by atoms with Gasteiger partial charge in [0.15, 0.2) is 0 Å². The molecule has 0 unspecified atom stereocenters. The number of aryl methyl sites for hydroxylation is 1. The van der Waals surface area contributed by atoms with E-state index in [1.165, 1.54) is 5.56 Å². The summed E-state index contributed by atoms with van der Waals surface area (Å²) in [4.78, 5) is 4.67. The monoisotopic (exact) mass is 249 g/mol. The molecule has 0 spiro atoms. The molecule has 0 saturated heterocycles. The number of methoxy groups -OCH3 is 1. The second-order valence-electron chi connectivity index (χ2n) is 4.01. The van der Waals surface area contributed by atoms with E-state index in [2.05, 4.69) is 18.0 Å². The molecule has 0 radical (unpaired) electrons. The Morgan fingerprint density at radius 3 is 2.88 bits per heavy atom. The number of fused-ring (bicyclic) bond motifs is 1. The Kier molecular flexibility index (Phi) is 3.97. The maximum absolute atomic E-state index is 6.28. The van der Waals surface area contributed by atoms with Gasteiger partial charge in [-0.1, -0.05) is 36.7 Å². The lowest BCUT2D eigenvalue weighted by Crippen LogP contribution is -1.98. The first-order valence-corrected chi connectivity index (χ1v) is 6.20. The fourth-order valence-electron chi connectivity index (χ4n) is 1.91. The quantitative estimate of drug-likeness (QED) is 0.825. The van der Waals surface area contributed by atoms with E-state index in [9.17, 15) is 0 Å². The van der Waals surface area contributed by atoms with Crippen molar-refractivity contribution in [2.75, 3.05) is 13.7 Å². The third-order valence-electron chi connectivity index (χ3n) is 2.86. The molecule has 2 nitrogen and oxygen atoms in total. The van der Waals surface area contributed by atoms with Crippen LogP contribution in [0.15, 0.2) is 24.3 Å². The SMILES string of the molecule is CCc1cc(Cl)c2cccc(CCOC)c2n1. The van der Waals surface area contributed by atoms with Crippen LogP contribution in [0.5, 0.6) is 0 Å². The summed E-state index contributed by atoms with van der Waals surface area (Å²) < 4.78 is 5.12. The maximum Gasteiger partial charge on any atom is 0.0753 e. The van der Waals surface area contributed by atoms with Gasteiger partial charge in [-0.25, -0.2) is 0 Å². The number of halogens is 1. The zero-order valence-corrected chi connectivity index (χ0v) is 10.9. The fraction of sp³-hybridized carbons (Fsp3) is 0.357. The van der Waals surface area contributed by atoms with Crippen molar-refractivity contribution in [3.8, 4) is 0 Å². The highest BCUT2D eigenvalue weighted by Crippen LogP contribution is 2.26. The smallest absolute Gasteiger partial charge is 0.0753 e. The minimum Gasteiger partial charge on any atom is -0.384 e. The van der Waals surface area contributed by atoms with E-state index in [1.54, 1.807) is 7.11 Å². The van der Waals surface area contributed by atoms with E-state index < -0.39 is 0 Å². The summed E-state index contributed by atoms with van der Waals surface area (Å²) in [5, 5.41) is 1.81.